The third-order valence-electron chi connectivity index (χ3n) is 2.48. The van der Waals surface area contributed by atoms with Crippen LogP contribution in [0.3, 0.4) is 0 Å². The van der Waals surface area contributed by atoms with E-state index in [0.29, 0.717) is 6.61 Å². The van der Waals surface area contributed by atoms with Gasteiger partial charge in [0.2, 0.25) is 11.8 Å². The van der Waals surface area contributed by atoms with Gasteiger partial charge < -0.3 is 9.64 Å². The number of anilines is 2. The fourth-order valence-electron chi connectivity index (χ4n) is 1.39. The fourth-order valence-corrected chi connectivity index (χ4v) is 1.39. The number of likely N-dealkylation sites (N-methyl/N-ethyl adjacent to an activating group) is 1. The number of aromatic nitrogens is 2. The summed E-state index contributed by atoms with van der Waals surface area (Å²) in [4.78, 5) is 19.7. The predicted octanol–water partition coefficient (Wildman–Crippen LogP) is 0.142. The summed E-state index contributed by atoms with van der Waals surface area (Å²) < 4.78 is 5.01. The molecule has 1 heterocycles. The van der Waals surface area contributed by atoms with Crippen molar-refractivity contribution in [3.63, 3.8) is 0 Å². The van der Waals surface area contributed by atoms with Crippen LogP contribution < -0.4 is 16.2 Å². The second-order valence-electron chi connectivity index (χ2n) is 3.72. The standard InChI is InChI=1S/C9H16N6O3/c1-6(5-18-3)14(2)8-7(15(16)17)4-11-9(12-8)13-10/h4,6H,5,10H2,1-3H3,(H,11,12,13). The van der Waals surface area contributed by atoms with Crippen LogP contribution in [0.15, 0.2) is 6.20 Å². The van der Waals surface area contributed by atoms with E-state index in [4.69, 9.17) is 10.6 Å². The molecule has 0 saturated carbocycles. The number of nitrogens with zero attached hydrogens (tertiary/aromatic N) is 4. The first-order chi connectivity index (χ1) is 8.51. The van der Waals surface area contributed by atoms with Crippen LogP contribution in [0, 0.1) is 10.1 Å². The molecule has 18 heavy (non-hydrogen) atoms. The van der Waals surface area contributed by atoms with E-state index in [1.54, 1.807) is 19.1 Å². The molecule has 0 aliphatic rings. The van der Waals surface area contributed by atoms with Crippen molar-refractivity contribution >= 4 is 17.5 Å². The molecule has 0 radical (unpaired) electrons. The summed E-state index contributed by atoms with van der Waals surface area (Å²) in [7, 11) is 3.25. The lowest BCUT2D eigenvalue weighted by atomic mass is 10.3. The number of nitrogens with one attached hydrogen (secondary N) is 1. The van der Waals surface area contributed by atoms with Crippen LogP contribution in [0.5, 0.6) is 0 Å². The number of rotatable bonds is 6. The van der Waals surface area contributed by atoms with Crippen LogP contribution in [0.1, 0.15) is 6.92 Å². The second kappa shape index (κ2) is 6.07. The lowest BCUT2D eigenvalue weighted by Gasteiger charge is -2.24. The van der Waals surface area contributed by atoms with E-state index in [1.165, 1.54) is 0 Å². The first-order valence-electron chi connectivity index (χ1n) is 5.21. The molecule has 0 aliphatic heterocycles. The van der Waals surface area contributed by atoms with Gasteiger partial charge in [0.1, 0.15) is 6.20 Å². The van der Waals surface area contributed by atoms with Gasteiger partial charge in [-0.3, -0.25) is 15.5 Å². The number of hydrogen-bond acceptors (Lipinski definition) is 8. The molecular formula is C9H16N6O3. The quantitative estimate of drug-likeness (QED) is 0.419. The van der Waals surface area contributed by atoms with Crippen molar-refractivity contribution < 1.29 is 9.66 Å². The molecule has 0 aromatic carbocycles. The minimum atomic E-state index is -0.536. The highest BCUT2D eigenvalue weighted by atomic mass is 16.6. The van der Waals surface area contributed by atoms with Crippen molar-refractivity contribution in [2.75, 3.05) is 31.1 Å². The molecule has 0 spiro atoms. The minimum Gasteiger partial charge on any atom is -0.383 e. The minimum absolute atomic E-state index is 0.0748. The van der Waals surface area contributed by atoms with Gasteiger partial charge in [0.25, 0.3) is 0 Å². The summed E-state index contributed by atoms with van der Waals surface area (Å²) in [5, 5.41) is 10.9. The zero-order valence-corrected chi connectivity index (χ0v) is 10.5. The van der Waals surface area contributed by atoms with Gasteiger partial charge >= 0.3 is 5.69 Å². The molecule has 1 aromatic rings. The third kappa shape index (κ3) is 3.02. The lowest BCUT2D eigenvalue weighted by molar-refractivity contribution is -0.384. The zero-order valence-electron chi connectivity index (χ0n) is 10.5. The number of hydrogen-bond donors (Lipinski definition) is 2. The number of nitrogen functional groups attached to an aromatic ring is 1. The molecule has 100 valence electrons. The summed E-state index contributed by atoms with van der Waals surface area (Å²) in [6.45, 7) is 2.29. The summed E-state index contributed by atoms with van der Waals surface area (Å²) in [6.07, 6.45) is 1.12. The highest BCUT2D eigenvalue weighted by molar-refractivity contribution is 5.58. The highest BCUT2D eigenvalue weighted by Gasteiger charge is 2.23. The van der Waals surface area contributed by atoms with Gasteiger partial charge in [-0.25, -0.2) is 10.8 Å². The SMILES string of the molecule is COCC(C)N(C)c1nc(NN)ncc1[N+](=O)[O-]. The highest BCUT2D eigenvalue weighted by Crippen LogP contribution is 2.26. The van der Waals surface area contributed by atoms with E-state index in [9.17, 15) is 10.1 Å². The topological polar surface area (TPSA) is 119 Å². The second-order valence-corrected chi connectivity index (χ2v) is 3.72. The zero-order chi connectivity index (χ0) is 13.7. The van der Waals surface area contributed by atoms with Crippen LogP contribution in [0.2, 0.25) is 0 Å². The number of nitrogens with two attached hydrogens (primary N) is 1. The molecule has 1 aromatic heterocycles. The van der Waals surface area contributed by atoms with Crippen LogP contribution in [-0.2, 0) is 4.74 Å². The molecule has 0 bridgehead atoms. The van der Waals surface area contributed by atoms with Crippen LogP contribution >= 0.6 is 0 Å². The molecule has 0 aliphatic carbocycles. The Kier molecular flexibility index (Phi) is 4.75. The Morgan fingerprint density at radius 3 is 2.89 bits per heavy atom. The van der Waals surface area contributed by atoms with Crippen molar-refractivity contribution in [3.8, 4) is 0 Å². The predicted molar refractivity (Wildman–Crippen MR) is 66.2 cm³/mol. The Hall–Kier alpha value is -2.00. The molecule has 1 unspecified atom stereocenters. The Balaban J connectivity index is 3.14. The van der Waals surface area contributed by atoms with E-state index < -0.39 is 4.92 Å². The fraction of sp³-hybridized carbons (Fsp3) is 0.556. The average Bonchev–Trinajstić information content (AvgIpc) is 2.37. The number of methoxy groups -OCH3 is 1. The van der Waals surface area contributed by atoms with Crippen molar-refractivity contribution in [2.45, 2.75) is 13.0 Å². The van der Waals surface area contributed by atoms with Gasteiger partial charge in [0, 0.05) is 14.2 Å². The summed E-state index contributed by atoms with van der Waals surface area (Å²) >= 11 is 0. The number of nitro groups is 1. The molecular weight excluding hydrogens is 240 g/mol. The van der Waals surface area contributed by atoms with Crippen LogP contribution in [0.4, 0.5) is 17.5 Å². The molecule has 3 N–H and O–H groups in total. The largest absolute Gasteiger partial charge is 0.383 e. The van der Waals surface area contributed by atoms with Gasteiger partial charge in [-0.05, 0) is 6.92 Å². The van der Waals surface area contributed by atoms with E-state index >= 15 is 0 Å². The summed E-state index contributed by atoms with van der Waals surface area (Å²) in [5.41, 5.74) is 2.08. The van der Waals surface area contributed by atoms with E-state index in [2.05, 4.69) is 15.4 Å². The maximum Gasteiger partial charge on any atom is 0.329 e. The maximum absolute atomic E-state index is 10.9. The molecule has 9 nitrogen and oxygen atoms in total. The number of hydrazine groups is 1. The third-order valence-corrected chi connectivity index (χ3v) is 2.48. The summed E-state index contributed by atoms with van der Waals surface area (Å²) in [6, 6.07) is -0.0748. The van der Waals surface area contributed by atoms with Gasteiger partial charge in [-0.15, -0.1) is 0 Å². The van der Waals surface area contributed by atoms with Gasteiger partial charge in [-0.2, -0.15) is 4.98 Å². The normalized spacial score (nSPS) is 12.0. The average molecular weight is 256 g/mol. The van der Waals surface area contributed by atoms with Crippen LogP contribution in [-0.4, -0.2) is 41.7 Å². The smallest absolute Gasteiger partial charge is 0.329 e. The Morgan fingerprint density at radius 1 is 1.72 bits per heavy atom. The van der Waals surface area contributed by atoms with Crippen molar-refractivity contribution in [2.24, 2.45) is 5.84 Å². The van der Waals surface area contributed by atoms with Gasteiger partial charge in [0.15, 0.2) is 0 Å². The maximum atomic E-state index is 10.9. The Bertz CT molecular complexity index is 427. The van der Waals surface area contributed by atoms with Crippen LogP contribution in [0.25, 0.3) is 0 Å². The van der Waals surface area contributed by atoms with E-state index in [-0.39, 0.29) is 23.5 Å². The molecule has 0 amide bonds. The summed E-state index contributed by atoms with van der Waals surface area (Å²) in [5.74, 6) is 5.50. The Labute approximate surface area is 104 Å². The van der Waals surface area contributed by atoms with E-state index in [1.807, 2.05) is 6.92 Å². The van der Waals surface area contributed by atoms with Gasteiger partial charge in [-0.1, -0.05) is 0 Å². The first-order valence-corrected chi connectivity index (χ1v) is 5.21. The molecule has 0 fully saturated rings. The van der Waals surface area contributed by atoms with Crippen molar-refractivity contribution in [1.82, 2.24) is 9.97 Å². The molecule has 1 atom stereocenters. The first kappa shape index (κ1) is 14.1. The van der Waals surface area contributed by atoms with Crippen molar-refractivity contribution in [3.05, 3.63) is 16.3 Å². The Morgan fingerprint density at radius 2 is 2.39 bits per heavy atom. The molecule has 9 heteroatoms. The molecule has 0 saturated heterocycles. The van der Waals surface area contributed by atoms with Gasteiger partial charge in [0.05, 0.1) is 17.6 Å². The van der Waals surface area contributed by atoms with Crippen molar-refractivity contribution in [1.29, 1.82) is 0 Å². The lowest BCUT2D eigenvalue weighted by Crippen LogP contribution is -2.34. The number of ether oxygens (including phenoxy) is 1. The van der Waals surface area contributed by atoms with E-state index in [0.717, 1.165) is 6.20 Å². The monoisotopic (exact) mass is 256 g/mol. The molecule has 1 rings (SSSR count).